The monoisotopic (exact) mass is 1120 g/mol. The number of carbonyl (C=O) groups excluding carboxylic acids is 4. The summed E-state index contributed by atoms with van der Waals surface area (Å²) in [5.74, 6) is -4.62. The van der Waals surface area contributed by atoms with Crippen molar-refractivity contribution in [3.05, 3.63) is 76.5 Å². The molecule has 21 heteroatoms. The minimum atomic E-state index is -1.49. The van der Waals surface area contributed by atoms with E-state index in [0.717, 1.165) is 6.42 Å². The SMILES string of the molecule is CC[C@H]1OC(=O)[C@H](C)[C@@H](O[C@@H]2C[C@@](C)(OC)[C@H](OC(=O)c3ccccc3)[C@H](C)O2)[C@H](C)[C@@H](O[C@@H]2O[C@H](C)C[C@H](N(C)C)[C@@H]2C)[C@@](C)(OC)C[C@@H](C)C(=O)[C@H](C)[C@@H]2N(CCCCn3cc(-c4cccc([N+](=O)[O-])c4)nn3)C(=O)O[C@@]21C. The van der Waals surface area contributed by atoms with Crippen molar-refractivity contribution in [1.29, 1.82) is 0 Å². The highest BCUT2D eigenvalue weighted by Gasteiger charge is 2.61. The first-order valence-corrected chi connectivity index (χ1v) is 28.3. The molecular weight excluding hydrogens is 1030 g/mol. The van der Waals surface area contributed by atoms with Gasteiger partial charge in [-0.2, -0.15) is 0 Å². The lowest BCUT2D eigenvalue weighted by atomic mass is 9.73. The highest BCUT2D eigenvalue weighted by molar-refractivity contribution is 5.89. The van der Waals surface area contributed by atoms with Crippen LogP contribution in [0, 0.1) is 39.7 Å². The average Bonchev–Trinajstić information content (AvgIpc) is 4.20. The van der Waals surface area contributed by atoms with Crippen molar-refractivity contribution in [3.8, 4) is 11.3 Å². The Kier molecular flexibility index (Phi) is 20.1. The van der Waals surface area contributed by atoms with Crippen LogP contribution < -0.4 is 0 Å². The van der Waals surface area contributed by atoms with Gasteiger partial charge >= 0.3 is 18.0 Å². The first kappa shape index (κ1) is 62.2. The standard InChI is InChI=1S/C59H86N6O15/c1-16-46-59(11)50(64(56(69)80-59)28-21-20-27-63-33-44(60-61-63)42-25-22-26-43(30-42)65(70)71)37(5)48(66)34(2)31-57(9,72-14)51(79-55-36(4)45(62(12)13)29-35(3)74-55)38(6)49(39(7)53(67)76-46)77-47-32-58(10,73-15)52(40(8)75-47)78-54(68)41-23-18-17-19-24-41/h17-19,22-26,30,33-40,45-47,49-52,55H,16,20-21,27-29,31-32H2,1-15H3/t34-,35-,36+,37+,38+,39-,40+,45+,46-,47-,49+,50+,51-,52-,55+,57+,58-,59-/m1/s1. The van der Waals surface area contributed by atoms with Crippen LogP contribution in [-0.4, -0.2) is 166 Å². The molecule has 5 heterocycles. The van der Waals surface area contributed by atoms with E-state index in [4.69, 9.17) is 42.6 Å². The van der Waals surface area contributed by atoms with Gasteiger partial charge in [0.05, 0.1) is 58.7 Å². The molecule has 1 aromatic heterocycles. The number of methoxy groups -OCH3 is 2. The smallest absolute Gasteiger partial charge is 0.410 e. The van der Waals surface area contributed by atoms with Crippen LogP contribution in [0.2, 0.25) is 0 Å². The van der Waals surface area contributed by atoms with Crippen LogP contribution in [0.15, 0.2) is 60.8 Å². The Labute approximate surface area is 471 Å². The molecule has 3 aromatic rings. The number of benzene rings is 2. The van der Waals surface area contributed by atoms with Gasteiger partial charge in [0.25, 0.3) is 5.69 Å². The zero-order valence-corrected chi connectivity index (χ0v) is 49.4. The van der Waals surface area contributed by atoms with Crippen LogP contribution >= 0.6 is 0 Å². The van der Waals surface area contributed by atoms with Gasteiger partial charge in [-0.25, -0.2) is 9.59 Å². The number of fused-ring (bicyclic) bond motifs is 1. The Bertz CT molecular complexity index is 2620. The summed E-state index contributed by atoms with van der Waals surface area (Å²) in [5.41, 5.74) is -2.48. The van der Waals surface area contributed by atoms with Crippen LogP contribution in [0.3, 0.4) is 0 Å². The van der Waals surface area contributed by atoms with E-state index in [0.29, 0.717) is 36.2 Å². The van der Waals surface area contributed by atoms with Crippen molar-refractivity contribution < 1.29 is 66.7 Å². The van der Waals surface area contributed by atoms with Crippen molar-refractivity contribution in [2.45, 2.75) is 199 Å². The lowest BCUT2D eigenvalue weighted by molar-refractivity contribution is -0.384. The van der Waals surface area contributed by atoms with E-state index in [1.165, 1.54) is 12.1 Å². The van der Waals surface area contributed by atoms with E-state index in [1.54, 1.807) is 87.2 Å². The normalized spacial score (nSPS) is 36.4. The molecular formula is C59H86N6O15. The van der Waals surface area contributed by atoms with E-state index in [9.17, 15) is 19.7 Å². The molecule has 0 N–H and O–H groups in total. The maximum absolute atomic E-state index is 15.3. The summed E-state index contributed by atoms with van der Waals surface area (Å²) in [4.78, 5) is 73.1. The summed E-state index contributed by atoms with van der Waals surface area (Å²) >= 11 is 0. The third-order valence-electron chi connectivity index (χ3n) is 17.6. The predicted molar refractivity (Wildman–Crippen MR) is 294 cm³/mol. The molecule has 442 valence electrons. The van der Waals surface area contributed by atoms with Crippen molar-refractivity contribution in [2.24, 2.45) is 29.6 Å². The number of ketones is 1. The molecule has 18 atom stereocenters. The fourth-order valence-corrected chi connectivity index (χ4v) is 13.0. The van der Waals surface area contributed by atoms with E-state index in [2.05, 4.69) is 22.1 Å². The summed E-state index contributed by atoms with van der Waals surface area (Å²) in [6, 6.07) is 14.1. The number of nitro groups is 1. The fraction of sp³-hybridized carbons (Fsp3) is 0.695. The van der Waals surface area contributed by atoms with Crippen molar-refractivity contribution in [3.63, 3.8) is 0 Å². The molecule has 0 unspecified atom stereocenters. The van der Waals surface area contributed by atoms with Crippen molar-refractivity contribution in [1.82, 2.24) is 24.8 Å². The number of ether oxygens (including phenoxy) is 9. The molecule has 7 rings (SSSR count). The third kappa shape index (κ3) is 13.2. The van der Waals surface area contributed by atoms with Gasteiger partial charge in [-0.3, -0.25) is 24.4 Å². The zero-order valence-electron chi connectivity index (χ0n) is 49.4. The average molecular weight is 1120 g/mol. The van der Waals surface area contributed by atoms with Crippen LogP contribution in [-0.2, 0) is 58.8 Å². The number of rotatable bonds is 17. The zero-order chi connectivity index (χ0) is 58.6. The second kappa shape index (κ2) is 25.8. The van der Waals surface area contributed by atoms with Gasteiger partial charge in [-0.15, -0.1) is 5.10 Å². The molecule has 0 radical (unpaired) electrons. The minimum absolute atomic E-state index is 0.0571. The number of carbonyl (C=O) groups is 4. The number of hydrogen-bond acceptors (Lipinski definition) is 18. The largest absolute Gasteiger partial charge is 0.458 e. The highest BCUT2D eigenvalue weighted by atomic mass is 16.7. The molecule has 0 bridgehead atoms. The Hall–Kier alpha value is -5.42. The number of nitrogens with zero attached hydrogens (tertiary/aromatic N) is 6. The van der Waals surface area contributed by atoms with E-state index < -0.39 is 113 Å². The van der Waals surface area contributed by atoms with Gasteiger partial charge in [-0.1, -0.05) is 70.2 Å². The number of esters is 2. The highest BCUT2D eigenvalue weighted by Crippen LogP contribution is 2.45. The summed E-state index contributed by atoms with van der Waals surface area (Å²) in [6.07, 6.45) is -3.03. The van der Waals surface area contributed by atoms with Gasteiger partial charge in [0, 0.05) is 81.1 Å². The van der Waals surface area contributed by atoms with E-state index in [-0.39, 0.29) is 55.3 Å². The molecule has 0 aliphatic carbocycles. The Morgan fingerprint density at radius 1 is 0.850 bits per heavy atom. The Morgan fingerprint density at radius 2 is 1.52 bits per heavy atom. The number of aromatic nitrogens is 3. The van der Waals surface area contributed by atoms with Gasteiger partial charge in [0.2, 0.25) is 0 Å². The van der Waals surface area contributed by atoms with E-state index >= 15 is 9.59 Å². The molecule has 0 saturated carbocycles. The van der Waals surface area contributed by atoms with Crippen LogP contribution in [0.1, 0.15) is 125 Å². The molecule has 4 aliphatic heterocycles. The van der Waals surface area contributed by atoms with Gasteiger partial charge < -0.3 is 52.4 Å². The number of aryl methyl sites for hydroxylation is 1. The molecule has 4 aliphatic rings. The molecule has 80 heavy (non-hydrogen) atoms. The van der Waals surface area contributed by atoms with Crippen molar-refractivity contribution in [2.75, 3.05) is 34.9 Å². The first-order valence-electron chi connectivity index (χ1n) is 28.3. The number of amides is 1. The maximum atomic E-state index is 15.3. The topological polar surface area (TPSA) is 232 Å². The summed E-state index contributed by atoms with van der Waals surface area (Å²) in [5, 5.41) is 19.9. The molecule has 2 aromatic carbocycles. The second-order valence-corrected chi connectivity index (χ2v) is 23.6. The van der Waals surface area contributed by atoms with E-state index in [1.807, 2.05) is 68.6 Å². The lowest BCUT2D eigenvalue weighted by Gasteiger charge is -2.50. The molecule has 0 spiro atoms. The Morgan fingerprint density at radius 3 is 2.17 bits per heavy atom. The number of cyclic esters (lactones) is 1. The van der Waals surface area contributed by atoms with Gasteiger partial charge in [-0.05, 0) is 99.9 Å². The minimum Gasteiger partial charge on any atom is -0.458 e. The van der Waals surface area contributed by atoms with Crippen LogP contribution in [0.25, 0.3) is 11.3 Å². The predicted octanol–water partition coefficient (Wildman–Crippen LogP) is 8.69. The summed E-state index contributed by atoms with van der Waals surface area (Å²) in [7, 11) is 7.21. The van der Waals surface area contributed by atoms with Gasteiger partial charge in [0.1, 0.15) is 23.2 Å². The molecule has 21 nitrogen and oxygen atoms in total. The van der Waals surface area contributed by atoms with Crippen molar-refractivity contribution >= 4 is 29.5 Å². The first-order chi connectivity index (χ1) is 37.8. The summed E-state index contributed by atoms with van der Waals surface area (Å²) in [6.45, 7) is 21.2. The third-order valence-corrected chi connectivity index (χ3v) is 17.6. The molecule has 1 amide bonds. The fourth-order valence-electron chi connectivity index (χ4n) is 13.0. The number of unbranched alkanes of at least 4 members (excludes halogenated alkanes) is 1. The number of non-ortho nitro benzene ring substituents is 1. The molecule has 4 saturated heterocycles. The number of Topliss-reactive ketones (excluding diaryl/α,β-unsaturated/α-hetero) is 1. The quantitative estimate of drug-likeness (QED) is 0.0404. The maximum Gasteiger partial charge on any atom is 0.410 e. The number of nitro benzene ring substituents is 1. The molecule has 4 fully saturated rings. The van der Waals surface area contributed by atoms with Crippen LogP contribution in [0.5, 0.6) is 0 Å². The van der Waals surface area contributed by atoms with Crippen LogP contribution in [0.4, 0.5) is 10.5 Å². The second-order valence-electron chi connectivity index (χ2n) is 23.6. The Balaban J connectivity index is 1.22. The number of hydrogen-bond donors (Lipinski definition) is 0. The lowest BCUT2D eigenvalue weighted by Crippen LogP contribution is -2.61. The van der Waals surface area contributed by atoms with Gasteiger partial charge in [0.15, 0.2) is 24.3 Å². The summed E-state index contributed by atoms with van der Waals surface area (Å²) < 4.78 is 61.2.